The summed E-state index contributed by atoms with van der Waals surface area (Å²) in [5, 5.41) is 8.96. The lowest BCUT2D eigenvalue weighted by Crippen LogP contribution is -2.14. The number of carbonyl (C=O) groups is 1. The molecule has 1 heterocycles. The smallest absolute Gasteiger partial charge is 0.232 e. The van der Waals surface area contributed by atoms with Crippen LogP contribution in [0.25, 0.3) is 0 Å². The van der Waals surface area contributed by atoms with E-state index in [1.54, 1.807) is 12.1 Å². The number of hydrogen-bond donors (Lipinski definition) is 3. The van der Waals surface area contributed by atoms with Gasteiger partial charge < -0.3 is 20.7 Å². The maximum Gasteiger partial charge on any atom is 0.232 e. The number of nitrogens with one attached hydrogen (secondary N) is 3. The number of carbonyl (C=O) groups excluding carboxylic acids is 1. The van der Waals surface area contributed by atoms with Gasteiger partial charge in [-0.15, -0.1) is 0 Å². The lowest BCUT2D eigenvalue weighted by atomic mass is 10.1. The predicted molar refractivity (Wildman–Crippen MR) is 109 cm³/mol. The number of rotatable bonds is 8. The van der Waals surface area contributed by atoms with E-state index >= 15 is 0 Å². The van der Waals surface area contributed by atoms with E-state index in [4.69, 9.17) is 4.74 Å². The average Bonchev–Trinajstić information content (AvgIpc) is 2.70. The molecule has 0 bridgehead atoms. The van der Waals surface area contributed by atoms with Crippen molar-refractivity contribution in [1.29, 1.82) is 0 Å². The molecule has 0 radical (unpaired) electrons. The van der Waals surface area contributed by atoms with Crippen LogP contribution >= 0.6 is 0 Å². The van der Waals surface area contributed by atoms with E-state index in [-0.39, 0.29) is 11.7 Å². The maximum atomic E-state index is 12.9. The summed E-state index contributed by atoms with van der Waals surface area (Å²) in [6.45, 7) is 4.17. The van der Waals surface area contributed by atoms with E-state index in [1.165, 1.54) is 25.4 Å². The van der Waals surface area contributed by atoms with Gasteiger partial charge in [-0.25, -0.2) is 14.4 Å². The van der Waals surface area contributed by atoms with E-state index < -0.39 is 0 Å². The van der Waals surface area contributed by atoms with E-state index in [2.05, 4.69) is 30.9 Å². The first-order valence-corrected chi connectivity index (χ1v) is 8.97. The summed E-state index contributed by atoms with van der Waals surface area (Å²) >= 11 is 0. The van der Waals surface area contributed by atoms with Gasteiger partial charge in [0.15, 0.2) is 0 Å². The fraction of sp³-hybridized carbons (Fsp3) is 0.200. The van der Waals surface area contributed by atoms with Gasteiger partial charge in [-0.1, -0.05) is 6.07 Å². The third-order valence-corrected chi connectivity index (χ3v) is 3.93. The fourth-order valence-electron chi connectivity index (χ4n) is 2.52. The molecule has 0 aliphatic rings. The lowest BCUT2D eigenvalue weighted by Gasteiger charge is -2.13. The number of hydrogen-bond acceptors (Lipinski definition) is 7. The number of anilines is 4. The van der Waals surface area contributed by atoms with Gasteiger partial charge in [0.2, 0.25) is 17.8 Å². The van der Waals surface area contributed by atoms with Gasteiger partial charge in [0.1, 0.15) is 24.5 Å². The highest BCUT2D eigenvalue weighted by Gasteiger charge is 2.08. The molecule has 0 fully saturated rings. The minimum Gasteiger partial charge on any atom is -0.492 e. The Morgan fingerprint density at radius 3 is 2.55 bits per heavy atom. The third-order valence-electron chi connectivity index (χ3n) is 3.93. The molecule has 3 aromatic rings. The number of aromatic nitrogens is 3. The van der Waals surface area contributed by atoms with Gasteiger partial charge in [-0.05, 0) is 48.9 Å². The first-order valence-electron chi connectivity index (χ1n) is 8.97. The molecule has 0 unspecified atom stereocenters. The Hall–Kier alpha value is -3.75. The molecule has 0 saturated heterocycles. The van der Waals surface area contributed by atoms with Crippen LogP contribution in [0, 0.1) is 12.7 Å². The molecule has 1 amide bonds. The van der Waals surface area contributed by atoms with E-state index in [0.29, 0.717) is 36.5 Å². The van der Waals surface area contributed by atoms with Crippen LogP contribution in [0.1, 0.15) is 12.5 Å². The second kappa shape index (κ2) is 9.45. The summed E-state index contributed by atoms with van der Waals surface area (Å²) in [5.74, 6) is 0.893. The molecule has 0 atom stereocenters. The molecule has 3 rings (SSSR count). The zero-order valence-electron chi connectivity index (χ0n) is 16.1. The number of amides is 1. The van der Waals surface area contributed by atoms with E-state index in [9.17, 15) is 9.18 Å². The number of ether oxygens (including phenoxy) is 1. The predicted octanol–water partition coefficient (Wildman–Crippen LogP) is 3.51. The van der Waals surface area contributed by atoms with Gasteiger partial charge in [0.05, 0.1) is 6.54 Å². The highest BCUT2D eigenvalue weighted by molar-refractivity contribution is 5.90. The summed E-state index contributed by atoms with van der Waals surface area (Å²) in [5.41, 5.74) is 2.35. The van der Waals surface area contributed by atoms with Crippen molar-refractivity contribution in [3.63, 3.8) is 0 Å². The Morgan fingerprint density at radius 2 is 1.79 bits per heavy atom. The highest BCUT2D eigenvalue weighted by atomic mass is 19.1. The molecular weight excluding hydrogens is 375 g/mol. The molecule has 1 aromatic heterocycles. The van der Waals surface area contributed by atoms with Crippen molar-refractivity contribution < 1.29 is 13.9 Å². The van der Waals surface area contributed by atoms with Crippen LogP contribution in [0.4, 0.5) is 27.7 Å². The van der Waals surface area contributed by atoms with Gasteiger partial charge in [0, 0.05) is 18.3 Å². The quantitative estimate of drug-likeness (QED) is 0.501. The second-order valence-corrected chi connectivity index (χ2v) is 6.15. The molecule has 0 aliphatic carbocycles. The summed E-state index contributed by atoms with van der Waals surface area (Å²) in [6.07, 6.45) is 1.39. The van der Waals surface area contributed by atoms with Crippen LogP contribution in [0.15, 0.2) is 48.8 Å². The molecule has 0 aliphatic heterocycles. The van der Waals surface area contributed by atoms with Crippen LogP contribution in [-0.2, 0) is 4.79 Å². The summed E-state index contributed by atoms with van der Waals surface area (Å²) in [7, 11) is 0. The van der Waals surface area contributed by atoms with Crippen molar-refractivity contribution in [2.45, 2.75) is 13.8 Å². The van der Waals surface area contributed by atoms with Gasteiger partial charge in [0.25, 0.3) is 0 Å². The zero-order chi connectivity index (χ0) is 20.6. The Bertz CT molecular complexity index is 981. The van der Waals surface area contributed by atoms with Crippen LogP contribution in [0.3, 0.4) is 0 Å². The zero-order valence-corrected chi connectivity index (χ0v) is 16.1. The summed E-state index contributed by atoms with van der Waals surface area (Å²) < 4.78 is 18.4. The molecule has 9 heteroatoms. The molecule has 0 saturated carbocycles. The summed E-state index contributed by atoms with van der Waals surface area (Å²) in [6, 6.07) is 11.3. The van der Waals surface area contributed by atoms with Gasteiger partial charge >= 0.3 is 0 Å². The first-order chi connectivity index (χ1) is 14.0. The Morgan fingerprint density at radius 1 is 1.07 bits per heavy atom. The molecule has 2 aromatic carbocycles. The van der Waals surface area contributed by atoms with Crippen molar-refractivity contribution in [3.8, 4) is 5.75 Å². The molecule has 8 nitrogen and oxygen atoms in total. The standard InChI is InChI=1S/C20H21FN6O2/c1-13-17(25-14(2)28)4-3-5-18(13)26-20-24-12-23-19(27-20)22-10-11-29-16-8-6-15(21)7-9-16/h3-9,12H,10-11H2,1-2H3,(H,25,28)(H2,22,23,24,26,27). The topological polar surface area (TPSA) is 101 Å². The average molecular weight is 396 g/mol. The molecular formula is C20H21FN6O2. The molecule has 29 heavy (non-hydrogen) atoms. The molecule has 3 N–H and O–H groups in total. The minimum absolute atomic E-state index is 0.139. The molecule has 0 spiro atoms. The van der Waals surface area contributed by atoms with E-state index in [0.717, 1.165) is 11.3 Å². The van der Waals surface area contributed by atoms with Gasteiger partial charge in [-0.3, -0.25) is 4.79 Å². The third kappa shape index (κ3) is 5.86. The number of halogens is 1. The number of benzene rings is 2. The summed E-state index contributed by atoms with van der Waals surface area (Å²) in [4.78, 5) is 23.8. The van der Waals surface area contributed by atoms with Crippen LogP contribution in [0.2, 0.25) is 0 Å². The monoisotopic (exact) mass is 396 g/mol. The van der Waals surface area contributed by atoms with Crippen LogP contribution < -0.4 is 20.7 Å². The normalized spacial score (nSPS) is 10.3. The van der Waals surface area contributed by atoms with Gasteiger partial charge in [-0.2, -0.15) is 4.98 Å². The van der Waals surface area contributed by atoms with Crippen molar-refractivity contribution >= 4 is 29.2 Å². The van der Waals surface area contributed by atoms with Crippen molar-refractivity contribution in [3.05, 3.63) is 60.2 Å². The van der Waals surface area contributed by atoms with Crippen molar-refractivity contribution in [1.82, 2.24) is 15.0 Å². The second-order valence-electron chi connectivity index (χ2n) is 6.15. The SMILES string of the molecule is CC(=O)Nc1cccc(Nc2ncnc(NCCOc3ccc(F)cc3)n2)c1C. The molecule has 150 valence electrons. The first kappa shape index (κ1) is 20.0. The van der Waals surface area contributed by atoms with Crippen LogP contribution in [0.5, 0.6) is 5.75 Å². The highest BCUT2D eigenvalue weighted by Crippen LogP contribution is 2.25. The Kier molecular flexibility index (Phi) is 6.51. The lowest BCUT2D eigenvalue weighted by molar-refractivity contribution is -0.114. The van der Waals surface area contributed by atoms with E-state index in [1.807, 2.05) is 25.1 Å². The maximum absolute atomic E-state index is 12.9. The van der Waals surface area contributed by atoms with Crippen LogP contribution in [-0.4, -0.2) is 34.0 Å². The number of nitrogens with zero attached hydrogens (tertiary/aromatic N) is 3. The fourth-order valence-corrected chi connectivity index (χ4v) is 2.52. The van der Waals surface area contributed by atoms with Crippen molar-refractivity contribution in [2.24, 2.45) is 0 Å². The minimum atomic E-state index is -0.307. The Balaban J connectivity index is 1.57. The largest absolute Gasteiger partial charge is 0.492 e. The van der Waals surface area contributed by atoms with Crippen molar-refractivity contribution in [2.75, 3.05) is 29.1 Å². The Labute approximate surface area is 167 Å².